The van der Waals surface area contributed by atoms with Crippen molar-refractivity contribution >= 4 is 71.4 Å². The summed E-state index contributed by atoms with van der Waals surface area (Å²) in [4.78, 5) is 2.48. The molecule has 16 rings (SSSR count). The van der Waals surface area contributed by atoms with Crippen LogP contribution in [0.4, 0.5) is 17.1 Å². The number of hydrogen-bond donors (Lipinski definition) is 0. The fourth-order valence-corrected chi connectivity index (χ4v) is 13.5. The van der Waals surface area contributed by atoms with E-state index in [4.69, 9.17) is 0 Å². The Hall–Kier alpha value is -10.5. The smallest absolute Gasteiger partial charge is 0.0547 e. The summed E-state index contributed by atoms with van der Waals surface area (Å²) >= 11 is 0. The minimum Gasteiger partial charge on any atom is -0.310 e. The molecule has 0 saturated heterocycles. The molecule has 1 aliphatic carbocycles. The van der Waals surface area contributed by atoms with Gasteiger partial charge in [0.2, 0.25) is 0 Å². The zero-order valence-corrected chi connectivity index (χ0v) is 45.6. The van der Waals surface area contributed by atoms with E-state index in [2.05, 4.69) is 325 Å². The standard InChI is InChI=1S/C79H55N3/c1-79(2)72-49-56(57-37-43-70-68-26-14-16-28-74(68)82(78(70)50-57)60-22-10-5-11-23-60)36-42-65(72)66-44-41-62(51-73(66)79)80(61-39-34-55(35-40-61)54-32-30-53(31-33-54)52-18-6-3-7-19-52)76-47-45-63(64-24-12-13-25-67(64)76)58-38-46-77-71(48-58)69-27-15-17-29-75(69)81(77)59-20-8-4-9-21-59/h3-51H,1-2H3. The number of nitrogens with zero attached hydrogens (tertiary/aromatic N) is 3. The molecular formula is C79H55N3. The van der Waals surface area contributed by atoms with Gasteiger partial charge in [0.05, 0.1) is 27.8 Å². The zero-order chi connectivity index (χ0) is 54.5. The first-order chi connectivity index (χ1) is 40.4. The maximum Gasteiger partial charge on any atom is 0.0547 e. The molecule has 0 amide bonds. The summed E-state index contributed by atoms with van der Waals surface area (Å²) in [5.41, 5.74) is 25.1. The highest BCUT2D eigenvalue weighted by Gasteiger charge is 2.37. The molecule has 0 atom stereocenters. The first-order valence-electron chi connectivity index (χ1n) is 28.5. The molecule has 386 valence electrons. The van der Waals surface area contributed by atoms with E-state index in [1.165, 1.54) is 121 Å². The van der Waals surface area contributed by atoms with E-state index in [1.807, 2.05) is 0 Å². The number of para-hydroxylation sites is 4. The van der Waals surface area contributed by atoms with E-state index in [0.717, 1.165) is 28.4 Å². The maximum atomic E-state index is 2.48. The predicted molar refractivity (Wildman–Crippen MR) is 347 cm³/mol. The molecule has 0 spiro atoms. The van der Waals surface area contributed by atoms with Crippen LogP contribution in [0.5, 0.6) is 0 Å². The lowest BCUT2D eigenvalue weighted by Gasteiger charge is -2.29. The second-order valence-corrected chi connectivity index (χ2v) is 22.5. The van der Waals surface area contributed by atoms with Crippen molar-refractivity contribution in [2.75, 3.05) is 4.90 Å². The van der Waals surface area contributed by atoms with E-state index in [9.17, 15) is 0 Å². The average Bonchev–Trinajstić information content (AvgIpc) is 4.34. The Kier molecular flexibility index (Phi) is 10.9. The molecule has 3 heteroatoms. The number of aromatic nitrogens is 2. The third-order valence-corrected chi connectivity index (χ3v) is 17.5. The van der Waals surface area contributed by atoms with Crippen molar-refractivity contribution in [3.05, 3.63) is 308 Å². The number of fused-ring (bicyclic) bond motifs is 10. The molecule has 0 fully saturated rings. The first-order valence-corrected chi connectivity index (χ1v) is 28.5. The van der Waals surface area contributed by atoms with Gasteiger partial charge in [-0.1, -0.05) is 220 Å². The molecule has 13 aromatic carbocycles. The summed E-state index contributed by atoms with van der Waals surface area (Å²) in [6, 6.07) is 110. The SMILES string of the molecule is CC1(C)c2cc(-c3ccc4c5ccccc5n(-c5ccccc5)c4c3)ccc2-c2ccc(N(c3ccc(-c4ccc(-c5ccccc5)cc4)cc3)c3ccc(-c4ccc5c(c4)c4ccccc4n5-c4ccccc4)c4ccccc34)cc21. The molecule has 0 radical (unpaired) electrons. The fraction of sp³-hybridized carbons (Fsp3) is 0.0380. The van der Waals surface area contributed by atoms with Gasteiger partial charge >= 0.3 is 0 Å². The van der Waals surface area contributed by atoms with Gasteiger partial charge in [0.15, 0.2) is 0 Å². The third-order valence-electron chi connectivity index (χ3n) is 17.5. The molecule has 0 saturated carbocycles. The monoisotopic (exact) mass is 1050 g/mol. The Bertz CT molecular complexity index is 4970. The normalized spacial score (nSPS) is 12.6. The number of benzene rings is 13. The Morgan fingerprint density at radius 2 is 0.683 bits per heavy atom. The second-order valence-electron chi connectivity index (χ2n) is 22.5. The van der Waals surface area contributed by atoms with E-state index in [0.29, 0.717) is 0 Å². The number of anilines is 3. The highest BCUT2D eigenvalue weighted by molar-refractivity contribution is 6.13. The van der Waals surface area contributed by atoms with Crippen molar-refractivity contribution in [1.82, 2.24) is 9.13 Å². The Morgan fingerprint density at radius 1 is 0.256 bits per heavy atom. The van der Waals surface area contributed by atoms with Gasteiger partial charge in [-0.2, -0.15) is 0 Å². The quantitative estimate of drug-likeness (QED) is 0.140. The molecule has 0 N–H and O–H groups in total. The van der Waals surface area contributed by atoms with E-state index in [1.54, 1.807) is 0 Å². The van der Waals surface area contributed by atoms with Crippen molar-refractivity contribution in [2.24, 2.45) is 0 Å². The van der Waals surface area contributed by atoms with Crippen molar-refractivity contribution in [2.45, 2.75) is 19.3 Å². The van der Waals surface area contributed by atoms with E-state index < -0.39 is 0 Å². The summed E-state index contributed by atoms with van der Waals surface area (Å²) in [6.07, 6.45) is 0. The molecule has 1 aliphatic rings. The molecule has 2 aromatic heterocycles. The molecule has 0 unspecified atom stereocenters. The molecule has 82 heavy (non-hydrogen) atoms. The maximum absolute atomic E-state index is 2.48. The number of hydrogen-bond acceptors (Lipinski definition) is 1. The van der Waals surface area contributed by atoms with Gasteiger partial charge in [0.1, 0.15) is 0 Å². The van der Waals surface area contributed by atoms with Crippen LogP contribution in [0.15, 0.2) is 297 Å². The van der Waals surface area contributed by atoms with Crippen LogP contribution < -0.4 is 4.90 Å². The van der Waals surface area contributed by atoms with Crippen LogP contribution in [-0.2, 0) is 5.41 Å². The minimum absolute atomic E-state index is 0.282. The summed E-state index contributed by atoms with van der Waals surface area (Å²) < 4.78 is 4.80. The zero-order valence-electron chi connectivity index (χ0n) is 45.6. The van der Waals surface area contributed by atoms with Crippen molar-refractivity contribution < 1.29 is 0 Å². The van der Waals surface area contributed by atoms with Crippen LogP contribution in [0.2, 0.25) is 0 Å². The molecule has 0 aliphatic heterocycles. The van der Waals surface area contributed by atoms with Crippen LogP contribution in [-0.4, -0.2) is 9.13 Å². The van der Waals surface area contributed by atoms with Gasteiger partial charge in [-0.05, 0) is 163 Å². The van der Waals surface area contributed by atoms with Crippen LogP contribution in [0.3, 0.4) is 0 Å². The van der Waals surface area contributed by atoms with Crippen LogP contribution in [0.1, 0.15) is 25.0 Å². The second kappa shape index (κ2) is 18.8. The van der Waals surface area contributed by atoms with Crippen molar-refractivity contribution in [1.29, 1.82) is 0 Å². The Morgan fingerprint density at radius 3 is 1.34 bits per heavy atom. The number of rotatable bonds is 9. The van der Waals surface area contributed by atoms with Gasteiger partial charge in [-0.15, -0.1) is 0 Å². The van der Waals surface area contributed by atoms with Gasteiger partial charge in [-0.25, -0.2) is 0 Å². The molecular weight excluding hydrogens is 991 g/mol. The van der Waals surface area contributed by atoms with Gasteiger partial charge in [0, 0.05) is 55.1 Å². The highest BCUT2D eigenvalue weighted by atomic mass is 15.1. The fourth-order valence-electron chi connectivity index (χ4n) is 13.5. The summed E-state index contributed by atoms with van der Waals surface area (Å²) in [5, 5.41) is 7.39. The van der Waals surface area contributed by atoms with Gasteiger partial charge < -0.3 is 14.0 Å². The van der Waals surface area contributed by atoms with E-state index in [-0.39, 0.29) is 5.41 Å². The predicted octanol–water partition coefficient (Wildman–Crippen LogP) is 21.5. The lowest BCUT2D eigenvalue weighted by molar-refractivity contribution is 0.660. The third kappa shape index (κ3) is 7.58. The average molecular weight is 1050 g/mol. The van der Waals surface area contributed by atoms with Crippen molar-refractivity contribution in [3.8, 4) is 67.0 Å². The largest absolute Gasteiger partial charge is 0.310 e. The lowest BCUT2D eigenvalue weighted by Crippen LogP contribution is -2.17. The van der Waals surface area contributed by atoms with E-state index >= 15 is 0 Å². The summed E-state index contributed by atoms with van der Waals surface area (Å²) in [6.45, 7) is 4.81. The van der Waals surface area contributed by atoms with Gasteiger partial charge in [-0.3, -0.25) is 0 Å². The Balaban J connectivity index is 0.813. The van der Waals surface area contributed by atoms with Crippen LogP contribution >= 0.6 is 0 Å². The molecule has 0 bridgehead atoms. The van der Waals surface area contributed by atoms with Crippen LogP contribution in [0.25, 0.3) is 121 Å². The summed E-state index contributed by atoms with van der Waals surface area (Å²) in [7, 11) is 0. The van der Waals surface area contributed by atoms with Crippen LogP contribution in [0, 0.1) is 0 Å². The van der Waals surface area contributed by atoms with Gasteiger partial charge in [0.25, 0.3) is 0 Å². The van der Waals surface area contributed by atoms with Crippen molar-refractivity contribution in [3.63, 3.8) is 0 Å². The molecule has 3 nitrogen and oxygen atoms in total. The summed E-state index contributed by atoms with van der Waals surface area (Å²) in [5.74, 6) is 0. The molecule has 15 aromatic rings. The highest BCUT2D eigenvalue weighted by Crippen LogP contribution is 2.53. The Labute approximate surface area is 477 Å². The topological polar surface area (TPSA) is 13.1 Å². The molecule has 2 heterocycles. The lowest BCUT2D eigenvalue weighted by atomic mass is 9.81. The first kappa shape index (κ1) is 47.5. The minimum atomic E-state index is -0.282.